The number of hydrogen-bond acceptors (Lipinski definition) is 2. The first kappa shape index (κ1) is 13.7. The van der Waals surface area contributed by atoms with Gasteiger partial charge in [0.05, 0.1) is 6.10 Å². The minimum Gasteiger partial charge on any atom is -0.378 e. The first-order valence-electron chi connectivity index (χ1n) is 6.22. The van der Waals surface area contributed by atoms with Crippen LogP contribution in [0.5, 0.6) is 0 Å². The van der Waals surface area contributed by atoms with Crippen LogP contribution in [0.3, 0.4) is 0 Å². The van der Waals surface area contributed by atoms with Crippen molar-refractivity contribution in [3.05, 3.63) is 34.1 Å². The minimum atomic E-state index is -0.318. The zero-order chi connectivity index (χ0) is 13.0. The van der Waals surface area contributed by atoms with Crippen LogP contribution in [0.25, 0.3) is 0 Å². The molecular weight excluding hydrogens is 299 g/mol. The second-order valence-electron chi connectivity index (χ2n) is 4.69. The van der Waals surface area contributed by atoms with Crippen LogP contribution >= 0.6 is 15.9 Å². The molecule has 0 amide bonds. The summed E-state index contributed by atoms with van der Waals surface area (Å²) in [6.07, 6.45) is 3.94. The van der Waals surface area contributed by atoms with E-state index in [1.165, 1.54) is 12.1 Å². The summed E-state index contributed by atoms with van der Waals surface area (Å²) >= 11 is 3.23. The molecule has 1 unspecified atom stereocenters. The number of rotatable bonds is 4. The first-order valence-corrected chi connectivity index (χ1v) is 7.01. The van der Waals surface area contributed by atoms with Gasteiger partial charge in [0, 0.05) is 23.9 Å². The summed E-state index contributed by atoms with van der Waals surface area (Å²) in [5.74, 6) is -0.208. The lowest BCUT2D eigenvalue weighted by Gasteiger charge is -2.21. The number of hydrogen-bond donors (Lipinski definition) is 0. The average molecular weight is 315 g/mol. The van der Waals surface area contributed by atoms with Gasteiger partial charge in [-0.05, 0) is 43.0 Å². The zero-order valence-electron chi connectivity index (χ0n) is 10.1. The van der Waals surface area contributed by atoms with Gasteiger partial charge in [-0.3, -0.25) is 4.79 Å². The van der Waals surface area contributed by atoms with E-state index < -0.39 is 0 Å². The first-order chi connectivity index (χ1) is 8.63. The molecule has 0 spiro atoms. The van der Waals surface area contributed by atoms with E-state index in [1.807, 2.05) is 0 Å². The second kappa shape index (κ2) is 6.43. The number of halogens is 2. The van der Waals surface area contributed by atoms with Crippen molar-refractivity contribution in [3.8, 4) is 0 Å². The Morgan fingerprint density at radius 2 is 2.22 bits per heavy atom. The van der Waals surface area contributed by atoms with Crippen LogP contribution in [0.4, 0.5) is 4.39 Å². The third-order valence-electron chi connectivity index (χ3n) is 3.05. The summed E-state index contributed by atoms with van der Waals surface area (Å²) in [5.41, 5.74) is 0.711. The lowest BCUT2D eigenvalue weighted by Crippen LogP contribution is -2.23. The molecule has 0 radical (unpaired) electrons. The van der Waals surface area contributed by atoms with E-state index in [9.17, 15) is 9.18 Å². The fourth-order valence-electron chi connectivity index (χ4n) is 2.24. The number of carbonyl (C=O) groups excluding carboxylic acids is 1. The molecule has 4 heteroatoms. The quantitative estimate of drug-likeness (QED) is 0.847. The maximum atomic E-state index is 13.2. The van der Waals surface area contributed by atoms with Crippen molar-refractivity contribution in [1.29, 1.82) is 0 Å². The van der Waals surface area contributed by atoms with Crippen LogP contribution in [-0.4, -0.2) is 18.5 Å². The van der Waals surface area contributed by atoms with E-state index in [0.29, 0.717) is 16.5 Å². The van der Waals surface area contributed by atoms with Gasteiger partial charge in [-0.25, -0.2) is 4.39 Å². The Kier molecular flexibility index (Phi) is 4.89. The number of ether oxygens (including phenoxy) is 1. The lowest BCUT2D eigenvalue weighted by atomic mass is 10.00. The molecule has 0 N–H and O–H groups in total. The monoisotopic (exact) mass is 314 g/mol. The molecule has 1 aliphatic rings. The topological polar surface area (TPSA) is 26.3 Å². The Labute approximate surface area is 115 Å². The third-order valence-corrected chi connectivity index (χ3v) is 3.51. The highest BCUT2D eigenvalue weighted by Gasteiger charge is 2.17. The molecule has 0 aromatic heterocycles. The number of benzene rings is 1. The van der Waals surface area contributed by atoms with Crippen LogP contribution in [0.1, 0.15) is 31.2 Å². The van der Waals surface area contributed by atoms with E-state index in [-0.39, 0.29) is 24.1 Å². The Bertz CT molecular complexity index is 408. The molecule has 1 aliphatic heterocycles. The van der Waals surface area contributed by atoms with Crippen LogP contribution in [-0.2, 0) is 16.0 Å². The minimum absolute atomic E-state index is 0.0586. The fourth-order valence-corrected chi connectivity index (χ4v) is 2.75. The van der Waals surface area contributed by atoms with Crippen molar-refractivity contribution >= 4 is 21.7 Å². The lowest BCUT2D eigenvalue weighted by molar-refractivity contribution is -0.122. The molecule has 1 atom stereocenters. The molecule has 18 heavy (non-hydrogen) atoms. The maximum Gasteiger partial charge on any atom is 0.139 e. The summed E-state index contributed by atoms with van der Waals surface area (Å²) in [5, 5.41) is 0. The molecule has 2 nitrogen and oxygen atoms in total. The predicted octanol–water partition coefficient (Wildman–Crippen LogP) is 3.66. The van der Waals surface area contributed by atoms with Crippen molar-refractivity contribution in [2.45, 2.75) is 38.2 Å². The smallest absolute Gasteiger partial charge is 0.139 e. The molecule has 0 saturated carbocycles. The van der Waals surface area contributed by atoms with Gasteiger partial charge < -0.3 is 4.74 Å². The van der Waals surface area contributed by atoms with E-state index >= 15 is 0 Å². The van der Waals surface area contributed by atoms with Gasteiger partial charge in [0.25, 0.3) is 0 Å². The predicted molar refractivity (Wildman–Crippen MR) is 71.0 cm³/mol. The fraction of sp³-hybridized carbons (Fsp3) is 0.500. The van der Waals surface area contributed by atoms with Crippen LogP contribution in [0, 0.1) is 5.82 Å². The van der Waals surface area contributed by atoms with Gasteiger partial charge in [0.15, 0.2) is 0 Å². The molecule has 0 aliphatic carbocycles. The van der Waals surface area contributed by atoms with Gasteiger partial charge in [-0.1, -0.05) is 15.9 Å². The molecule has 1 heterocycles. The van der Waals surface area contributed by atoms with Crippen LogP contribution in [0.15, 0.2) is 22.7 Å². The summed E-state index contributed by atoms with van der Waals surface area (Å²) < 4.78 is 19.4. The van der Waals surface area contributed by atoms with Crippen molar-refractivity contribution in [1.82, 2.24) is 0 Å². The highest BCUT2D eigenvalue weighted by Crippen LogP contribution is 2.19. The van der Waals surface area contributed by atoms with Gasteiger partial charge >= 0.3 is 0 Å². The zero-order valence-corrected chi connectivity index (χ0v) is 11.7. The van der Waals surface area contributed by atoms with Crippen molar-refractivity contribution in [2.75, 3.05) is 6.61 Å². The van der Waals surface area contributed by atoms with Gasteiger partial charge in [-0.15, -0.1) is 0 Å². The molecule has 1 fully saturated rings. The Morgan fingerprint density at radius 1 is 1.39 bits per heavy atom. The summed E-state index contributed by atoms with van der Waals surface area (Å²) in [6, 6.07) is 4.57. The highest BCUT2D eigenvalue weighted by molar-refractivity contribution is 9.10. The van der Waals surface area contributed by atoms with Crippen molar-refractivity contribution in [2.24, 2.45) is 0 Å². The van der Waals surface area contributed by atoms with Gasteiger partial charge in [-0.2, -0.15) is 0 Å². The number of carbonyl (C=O) groups is 1. The molecule has 2 rings (SSSR count). The van der Waals surface area contributed by atoms with Gasteiger partial charge in [0.1, 0.15) is 11.6 Å². The average Bonchev–Trinajstić information content (AvgIpc) is 2.28. The molecule has 98 valence electrons. The summed E-state index contributed by atoms with van der Waals surface area (Å²) in [6.45, 7) is 0.753. The number of ketones is 1. The SMILES string of the molecule is O=C(Cc1cc(F)cc(Br)c1)CC1CCCCO1. The Morgan fingerprint density at radius 3 is 2.89 bits per heavy atom. The van der Waals surface area contributed by atoms with E-state index in [1.54, 1.807) is 6.07 Å². The van der Waals surface area contributed by atoms with Crippen LogP contribution in [0.2, 0.25) is 0 Å². The van der Waals surface area contributed by atoms with Gasteiger partial charge in [0.2, 0.25) is 0 Å². The molecular formula is C14H16BrFO2. The maximum absolute atomic E-state index is 13.2. The summed E-state index contributed by atoms with van der Waals surface area (Å²) in [4.78, 5) is 11.9. The van der Waals surface area contributed by atoms with Crippen LogP contribution < -0.4 is 0 Å². The molecule has 1 aromatic rings. The van der Waals surface area contributed by atoms with Crippen molar-refractivity contribution < 1.29 is 13.9 Å². The summed E-state index contributed by atoms with van der Waals surface area (Å²) in [7, 11) is 0. The second-order valence-corrected chi connectivity index (χ2v) is 5.60. The highest BCUT2D eigenvalue weighted by atomic mass is 79.9. The van der Waals surface area contributed by atoms with E-state index in [0.717, 1.165) is 25.9 Å². The third kappa shape index (κ3) is 4.18. The Hall–Kier alpha value is -0.740. The molecule has 0 bridgehead atoms. The normalized spacial score (nSPS) is 19.8. The van der Waals surface area contributed by atoms with E-state index in [2.05, 4.69) is 15.9 Å². The standard InChI is InChI=1S/C14H16BrFO2/c15-11-5-10(6-12(16)8-11)7-13(17)9-14-3-1-2-4-18-14/h5-6,8,14H,1-4,7,9H2. The van der Waals surface area contributed by atoms with Crippen molar-refractivity contribution in [3.63, 3.8) is 0 Å². The largest absolute Gasteiger partial charge is 0.378 e. The van der Waals surface area contributed by atoms with E-state index in [4.69, 9.17) is 4.74 Å². The molecule has 1 saturated heterocycles. The Balaban J connectivity index is 1.89. The molecule has 1 aromatic carbocycles. The number of Topliss-reactive ketones (excluding diaryl/α,β-unsaturated/α-hetero) is 1.